The topological polar surface area (TPSA) is 90.2 Å². The third-order valence-electron chi connectivity index (χ3n) is 5.91. The number of thiazole rings is 1. The number of carbonyl (C=O) groups is 1. The molecule has 1 aromatic heterocycles. The Labute approximate surface area is 196 Å². The summed E-state index contributed by atoms with van der Waals surface area (Å²) < 4.78 is 41.5. The van der Waals surface area contributed by atoms with Gasteiger partial charge in [0.05, 0.1) is 15.1 Å². The lowest BCUT2D eigenvalue weighted by atomic mass is 10.2. The highest BCUT2D eigenvalue weighted by Gasteiger charge is 2.26. The van der Waals surface area contributed by atoms with Gasteiger partial charge in [-0.15, -0.1) is 0 Å². The molecule has 0 radical (unpaired) electrons. The maximum absolute atomic E-state index is 12.9. The lowest BCUT2D eigenvalue weighted by molar-refractivity contribution is 0.0997. The molecular formula is C23H25N3O5S2. The molecule has 0 bridgehead atoms. The standard InChI is InChI=1S/C23H25N3O5S2/c1-2-26-18-14-19-20(31-13-12-30-19)15-21(18)32-23(26)24-22(27)16-6-8-17(9-7-16)33(28,29)25-10-4-3-5-11-25/h6-9,14-15H,2-5,10-13H2,1H3. The van der Waals surface area contributed by atoms with Crippen molar-refractivity contribution < 1.29 is 22.7 Å². The molecule has 3 aromatic rings. The number of hydrogen-bond donors (Lipinski definition) is 0. The Kier molecular flexibility index (Phi) is 5.98. The molecule has 0 spiro atoms. The van der Waals surface area contributed by atoms with Crippen molar-refractivity contribution >= 4 is 37.5 Å². The lowest BCUT2D eigenvalue weighted by Gasteiger charge is -2.25. The molecular weight excluding hydrogens is 462 g/mol. The Morgan fingerprint density at radius 1 is 1.03 bits per heavy atom. The van der Waals surface area contributed by atoms with Crippen LogP contribution in [0.2, 0.25) is 0 Å². The first-order valence-electron chi connectivity index (χ1n) is 11.1. The Morgan fingerprint density at radius 2 is 1.70 bits per heavy atom. The summed E-state index contributed by atoms with van der Waals surface area (Å²) in [6.07, 6.45) is 2.81. The fraction of sp³-hybridized carbons (Fsp3) is 0.391. The number of ether oxygens (including phenoxy) is 2. The van der Waals surface area contributed by atoms with Gasteiger partial charge in [0.25, 0.3) is 5.91 Å². The zero-order valence-electron chi connectivity index (χ0n) is 18.3. The number of rotatable bonds is 4. The van der Waals surface area contributed by atoms with Crippen molar-refractivity contribution in [2.45, 2.75) is 37.6 Å². The number of carbonyl (C=O) groups excluding carboxylic acids is 1. The van der Waals surface area contributed by atoms with Gasteiger partial charge in [0.2, 0.25) is 10.0 Å². The number of nitrogens with zero attached hydrogens (tertiary/aromatic N) is 3. The normalized spacial score (nSPS) is 17.4. The molecule has 33 heavy (non-hydrogen) atoms. The summed E-state index contributed by atoms with van der Waals surface area (Å²) in [5.74, 6) is 0.974. The molecule has 0 aliphatic carbocycles. The van der Waals surface area contributed by atoms with Crippen LogP contribution in [0.25, 0.3) is 10.2 Å². The molecule has 0 saturated carbocycles. The van der Waals surface area contributed by atoms with E-state index in [0.29, 0.717) is 54.7 Å². The third-order valence-corrected chi connectivity index (χ3v) is 8.87. The minimum absolute atomic E-state index is 0.206. The van der Waals surface area contributed by atoms with Crippen LogP contribution in [0.5, 0.6) is 11.5 Å². The van der Waals surface area contributed by atoms with Crippen molar-refractivity contribution in [3.8, 4) is 11.5 Å². The highest BCUT2D eigenvalue weighted by atomic mass is 32.2. The van der Waals surface area contributed by atoms with Crippen LogP contribution in [0.3, 0.4) is 0 Å². The quantitative estimate of drug-likeness (QED) is 0.563. The van der Waals surface area contributed by atoms with Crippen LogP contribution < -0.4 is 14.3 Å². The number of fused-ring (bicyclic) bond motifs is 2. The molecule has 2 aromatic carbocycles. The second-order valence-electron chi connectivity index (χ2n) is 8.00. The SMILES string of the molecule is CCn1c(=NC(=O)c2ccc(S(=O)(=O)N3CCCCC3)cc2)sc2cc3c(cc21)OCCO3. The summed E-state index contributed by atoms with van der Waals surface area (Å²) in [4.78, 5) is 18.0. The second-order valence-corrected chi connectivity index (χ2v) is 10.9. The zero-order chi connectivity index (χ0) is 23.0. The molecule has 0 atom stereocenters. The number of piperidine rings is 1. The van der Waals surface area contributed by atoms with E-state index < -0.39 is 15.9 Å². The maximum Gasteiger partial charge on any atom is 0.279 e. The maximum atomic E-state index is 12.9. The van der Waals surface area contributed by atoms with Gasteiger partial charge in [-0.2, -0.15) is 9.30 Å². The minimum Gasteiger partial charge on any atom is -0.486 e. The van der Waals surface area contributed by atoms with Gasteiger partial charge < -0.3 is 14.0 Å². The van der Waals surface area contributed by atoms with Crippen molar-refractivity contribution in [2.75, 3.05) is 26.3 Å². The molecule has 2 aliphatic heterocycles. The van der Waals surface area contributed by atoms with E-state index in [0.717, 1.165) is 29.5 Å². The average Bonchev–Trinajstić information content (AvgIpc) is 3.18. The van der Waals surface area contributed by atoms with Gasteiger partial charge in [-0.25, -0.2) is 8.42 Å². The number of amides is 1. The van der Waals surface area contributed by atoms with Crippen LogP contribution in [-0.2, 0) is 16.6 Å². The zero-order valence-corrected chi connectivity index (χ0v) is 20.0. The van der Waals surface area contributed by atoms with Crippen molar-refractivity contribution in [1.82, 2.24) is 8.87 Å². The van der Waals surface area contributed by atoms with Crippen molar-refractivity contribution in [3.63, 3.8) is 0 Å². The lowest BCUT2D eigenvalue weighted by Crippen LogP contribution is -2.35. The minimum atomic E-state index is -3.53. The van der Waals surface area contributed by atoms with E-state index in [1.54, 1.807) is 0 Å². The van der Waals surface area contributed by atoms with Crippen LogP contribution >= 0.6 is 11.3 Å². The van der Waals surface area contributed by atoms with Crippen LogP contribution in [0.15, 0.2) is 46.3 Å². The number of sulfonamides is 1. The molecule has 3 heterocycles. The van der Waals surface area contributed by atoms with Gasteiger partial charge in [-0.3, -0.25) is 4.79 Å². The Morgan fingerprint density at radius 3 is 2.36 bits per heavy atom. The van der Waals surface area contributed by atoms with E-state index >= 15 is 0 Å². The first-order chi connectivity index (χ1) is 16.0. The van der Waals surface area contributed by atoms with Crippen LogP contribution in [0, 0.1) is 0 Å². The van der Waals surface area contributed by atoms with Gasteiger partial charge in [0, 0.05) is 37.3 Å². The van der Waals surface area contributed by atoms with Gasteiger partial charge in [0.1, 0.15) is 13.2 Å². The van der Waals surface area contributed by atoms with Crippen LogP contribution in [0.1, 0.15) is 36.5 Å². The number of benzene rings is 2. The predicted octanol–water partition coefficient (Wildman–Crippen LogP) is 3.41. The van der Waals surface area contributed by atoms with E-state index in [4.69, 9.17) is 9.47 Å². The first kappa shape index (κ1) is 22.1. The highest BCUT2D eigenvalue weighted by Crippen LogP contribution is 2.35. The van der Waals surface area contributed by atoms with Gasteiger partial charge in [-0.05, 0) is 44.0 Å². The number of aryl methyl sites for hydroxylation is 1. The van der Waals surface area contributed by atoms with E-state index in [2.05, 4.69) is 4.99 Å². The molecule has 8 nitrogen and oxygen atoms in total. The summed E-state index contributed by atoms with van der Waals surface area (Å²) in [6, 6.07) is 9.90. The number of hydrogen-bond acceptors (Lipinski definition) is 6. The van der Waals surface area contributed by atoms with Crippen molar-refractivity contribution in [3.05, 3.63) is 46.8 Å². The highest BCUT2D eigenvalue weighted by molar-refractivity contribution is 7.89. The fourth-order valence-electron chi connectivity index (χ4n) is 4.17. The van der Waals surface area contributed by atoms with Gasteiger partial charge in [-0.1, -0.05) is 17.8 Å². The molecule has 174 valence electrons. The molecule has 0 N–H and O–H groups in total. The van der Waals surface area contributed by atoms with Gasteiger partial charge >= 0.3 is 0 Å². The molecule has 1 saturated heterocycles. The molecule has 1 amide bonds. The summed E-state index contributed by atoms with van der Waals surface area (Å²) in [5.41, 5.74) is 1.28. The van der Waals surface area contributed by atoms with E-state index in [1.165, 1.54) is 39.9 Å². The van der Waals surface area contributed by atoms with E-state index in [9.17, 15) is 13.2 Å². The van der Waals surface area contributed by atoms with Crippen molar-refractivity contribution in [2.24, 2.45) is 4.99 Å². The van der Waals surface area contributed by atoms with Crippen LogP contribution in [-0.4, -0.2) is 49.5 Å². The Balaban J connectivity index is 1.45. The molecule has 1 fully saturated rings. The smallest absolute Gasteiger partial charge is 0.279 e. The monoisotopic (exact) mass is 487 g/mol. The van der Waals surface area contributed by atoms with Crippen molar-refractivity contribution in [1.29, 1.82) is 0 Å². The fourth-order valence-corrected chi connectivity index (χ4v) is 6.79. The van der Waals surface area contributed by atoms with Crippen LogP contribution in [0.4, 0.5) is 0 Å². The average molecular weight is 488 g/mol. The predicted molar refractivity (Wildman–Crippen MR) is 125 cm³/mol. The summed E-state index contributed by atoms with van der Waals surface area (Å²) in [7, 11) is -3.53. The summed E-state index contributed by atoms with van der Waals surface area (Å²) in [5, 5.41) is 0. The Hall–Kier alpha value is -2.69. The third kappa shape index (κ3) is 4.18. The molecule has 0 unspecified atom stereocenters. The number of aromatic nitrogens is 1. The summed E-state index contributed by atoms with van der Waals surface area (Å²) >= 11 is 1.41. The Bertz CT molecular complexity index is 1370. The first-order valence-corrected chi connectivity index (χ1v) is 13.4. The summed E-state index contributed by atoms with van der Waals surface area (Å²) in [6.45, 7) is 4.73. The molecule has 5 rings (SSSR count). The van der Waals surface area contributed by atoms with E-state index in [-0.39, 0.29) is 4.90 Å². The molecule has 10 heteroatoms. The van der Waals surface area contributed by atoms with Gasteiger partial charge in [0.15, 0.2) is 16.3 Å². The molecule has 2 aliphatic rings. The largest absolute Gasteiger partial charge is 0.486 e. The second kappa shape index (κ2) is 8.92. The van der Waals surface area contributed by atoms with E-state index in [1.807, 2.05) is 23.6 Å².